The number of aryl methyl sites for hydroxylation is 1. The van der Waals surface area contributed by atoms with Crippen molar-refractivity contribution in [3.8, 4) is 0 Å². The zero-order valence-electron chi connectivity index (χ0n) is 14.6. The van der Waals surface area contributed by atoms with Crippen LogP contribution in [0.2, 0.25) is 0 Å². The van der Waals surface area contributed by atoms with Crippen molar-refractivity contribution in [2.75, 3.05) is 13.1 Å². The Morgan fingerprint density at radius 2 is 1.85 bits per heavy atom. The summed E-state index contributed by atoms with van der Waals surface area (Å²) in [5, 5.41) is 8.90. The van der Waals surface area contributed by atoms with Gasteiger partial charge in [-0.05, 0) is 49.6 Å². The molecule has 2 aromatic rings. The lowest BCUT2D eigenvalue weighted by Crippen LogP contribution is -2.37. The smallest absolute Gasteiger partial charge is 0.335 e. The van der Waals surface area contributed by atoms with Crippen molar-refractivity contribution in [3.63, 3.8) is 0 Å². The topological polar surface area (TPSA) is 83.4 Å². The molecule has 26 heavy (non-hydrogen) atoms. The fourth-order valence-electron chi connectivity index (χ4n) is 3.03. The van der Waals surface area contributed by atoms with Gasteiger partial charge >= 0.3 is 5.97 Å². The number of aromatic nitrogens is 2. The first-order valence-corrected chi connectivity index (χ1v) is 8.63. The van der Waals surface area contributed by atoms with E-state index in [1.165, 1.54) is 12.1 Å². The van der Waals surface area contributed by atoms with Gasteiger partial charge in [0, 0.05) is 37.0 Å². The van der Waals surface area contributed by atoms with Crippen LogP contribution in [0, 0.1) is 6.92 Å². The maximum atomic E-state index is 12.4. The van der Waals surface area contributed by atoms with Crippen LogP contribution >= 0.6 is 0 Å². The molecule has 3 rings (SSSR count). The maximum Gasteiger partial charge on any atom is 0.335 e. The Hall–Kier alpha value is -3.02. The molecule has 1 aromatic carbocycles. The Balaban J connectivity index is 1.55. The molecule has 1 aliphatic rings. The first-order valence-electron chi connectivity index (χ1n) is 8.63. The zero-order valence-corrected chi connectivity index (χ0v) is 14.6. The quantitative estimate of drug-likeness (QED) is 0.856. The molecule has 0 radical (unpaired) electrons. The van der Waals surface area contributed by atoms with Gasteiger partial charge in [-0.3, -0.25) is 4.79 Å². The Morgan fingerprint density at radius 1 is 1.15 bits per heavy atom. The molecule has 6 heteroatoms. The van der Waals surface area contributed by atoms with Crippen LogP contribution in [0.5, 0.6) is 0 Å². The summed E-state index contributed by atoms with van der Waals surface area (Å²) in [5.74, 6) is 0.172. The highest BCUT2D eigenvalue weighted by Crippen LogP contribution is 2.25. The summed E-state index contributed by atoms with van der Waals surface area (Å²) in [6.45, 7) is 3.32. The monoisotopic (exact) mass is 351 g/mol. The average Bonchev–Trinajstić information content (AvgIpc) is 2.66. The molecule has 1 saturated heterocycles. The van der Waals surface area contributed by atoms with Gasteiger partial charge in [-0.1, -0.05) is 12.1 Å². The lowest BCUT2D eigenvalue weighted by atomic mass is 9.95. The number of piperidine rings is 1. The highest BCUT2D eigenvalue weighted by atomic mass is 16.4. The number of aromatic carboxylic acids is 1. The molecular weight excluding hydrogens is 330 g/mol. The summed E-state index contributed by atoms with van der Waals surface area (Å²) in [7, 11) is 0. The summed E-state index contributed by atoms with van der Waals surface area (Å²) in [4.78, 5) is 33.9. The minimum atomic E-state index is -0.961. The lowest BCUT2D eigenvalue weighted by molar-refractivity contribution is -0.127. The van der Waals surface area contributed by atoms with Crippen LogP contribution in [0.15, 0.2) is 42.6 Å². The normalized spacial score (nSPS) is 15.3. The van der Waals surface area contributed by atoms with Gasteiger partial charge in [0.15, 0.2) is 0 Å². The van der Waals surface area contributed by atoms with E-state index in [1.54, 1.807) is 30.5 Å². The molecule has 1 aliphatic heterocycles. The van der Waals surface area contributed by atoms with Gasteiger partial charge in [-0.15, -0.1) is 0 Å². The third-order valence-corrected chi connectivity index (χ3v) is 4.56. The Labute approximate surface area is 152 Å². The number of carboxylic acids is 1. The fourth-order valence-corrected chi connectivity index (χ4v) is 3.03. The number of carbonyl (C=O) groups is 2. The van der Waals surface area contributed by atoms with E-state index in [4.69, 9.17) is 5.11 Å². The summed E-state index contributed by atoms with van der Waals surface area (Å²) in [6.07, 6.45) is 6.75. The number of hydrogen-bond acceptors (Lipinski definition) is 4. The van der Waals surface area contributed by atoms with E-state index in [0.29, 0.717) is 19.0 Å². The van der Waals surface area contributed by atoms with Crippen molar-refractivity contribution in [3.05, 3.63) is 65.2 Å². The zero-order chi connectivity index (χ0) is 18.5. The molecule has 2 heterocycles. The van der Waals surface area contributed by atoms with Gasteiger partial charge in [0.1, 0.15) is 5.82 Å². The van der Waals surface area contributed by atoms with Gasteiger partial charge in [0.05, 0.1) is 5.56 Å². The number of carbonyl (C=O) groups excluding carboxylic acids is 1. The standard InChI is InChI=1S/C20H21N3O3/c1-14-8-11-21-19(22-14)16-9-12-23(13-10-16)18(24)7-4-15-2-5-17(6-3-15)20(25)26/h2-8,11,16H,9-10,12-13H2,1H3,(H,25,26)/b7-4+. The molecule has 134 valence electrons. The average molecular weight is 351 g/mol. The second kappa shape index (κ2) is 7.91. The summed E-state index contributed by atoms with van der Waals surface area (Å²) in [5.41, 5.74) is 1.99. The molecule has 0 atom stereocenters. The summed E-state index contributed by atoms with van der Waals surface area (Å²) >= 11 is 0. The second-order valence-corrected chi connectivity index (χ2v) is 6.42. The predicted octanol–water partition coefficient (Wildman–Crippen LogP) is 2.90. The third kappa shape index (κ3) is 4.33. The number of carboxylic acid groups (broad SMARTS) is 1. The van der Waals surface area contributed by atoms with E-state index >= 15 is 0 Å². The first-order chi connectivity index (χ1) is 12.5. The summed E-state index contributed by atoms with van der Waals surface area (Å²) in [6, 6.07) is 8.32. The second-order valence-electron chi connectivity index (χ2n) is 6.42. The van der Waals surface area contributed by atoms with E-state index < -0.39 is 5.97 Å². The van der Waals surface area contributed by atoms with Gasteiger partial charge < -0.3 is 10.0 Å². The largest absolute Gasteiger partial charge is 0.478 e. The van der Waals surface area contributed by atoms with Crippen LogP contribution in [0.4, 0.5) is 0 Å². The van der Waals surface area contributed by atoms with Crippen LogP contribution in [0.1, 0.15) is 46.2 Å². The minimum Gasteiger partial charge on any atom is -0.478 e. The number of amides is 1. The lowest BCUT2D eigenvalue weighted by Gasteiger charge is -2.30. The van der Waals surface area contributed by atoms with Crippen LogP contribution in [0.25, 0.3) is 6.08 Å². The minimum absolute atomic E-state index is 0.0316. The van der Waals surface area contributed by atoms with Crippen molar-refractivity contribution in [2.45, 2.75) is 25.7 Å². The third-order valence-electron chi connectivity index (χ3n) is 4.56. The fraction of sp³-hybridized carbons (Fsp3) is 0.300. The van der Waals surface area contributed by atoms with E-state index in [9.17, 15) is 9.59 Å². The molecule has 1 aromatic heterocycles. The molecular formula is C20H21N3O3. The van der Waals surface area contributed by atoms with Crippen LogP contribution < -0.4 is 0 Å². The molecule has 0 aliphatic carbocycles. The molecule has 0 spiro atoms. The number of hydrogen-bond donors (Lipinski definition) is 1. The van der Waals surface area contributed by atoms with Crippen LogP contribution in [0.3, 0.4) is 0 Å². The molecule has 0 unspecified atom stereocenters. The SMILES string of the molecule is Cc1ccnc(C2CCN(C(=O)/C=C/c3ccc(C(=O)O)cc3)CC2)n1. The van der Waals surface area contributed by atoms with E-state index in [1.807, 2.05) is 17.9 Å². The Kier molecular flexibility index (Phi) is 5.41. The van der Waals surface area contributed by atoms with Crippen LogP contribution in [-0.2, 0) is 4.79 Å². The Bertz CT molecular complexity index is 822. The van der Waals surface area contributed by atoms with Gasteiger partial charge in [0.25, 0.3) is 0 Å². The van der Waals surface area contributed by atoms with E-state index in [0.717, 1.165) is 29.9 Å². The van der Waals surface area contributed by atoms with E-state index in [2.05, 4.69) is 9.97 Å². The molecule has 1 N–H and O–H groups in total. The highest BCUT2D eigenvalue weighted by molar-refractivity contribution is 5.92. The highest BCUT2D eigenvalue weighted by Gasteiger charge is 2.24. The number of likely N-dealkylation sites (tertiary alicyclic amines) is 1. The summed E-state index contributed by atoms with van der Waals surface area (Å²) < 4.78 is 0. The number of nitrogens with zero attached hydrogens (tertiary/aromatic N) is 3. The van der Waals surface area contributed by atoms with Crippen LogP contribution in [-0.4, -0.2) is 44.9 Å². The predicted molar refractivity (Wildman–Crippen MR) is 97.8 cm³/mol. The van der Waals surface area contributed by atoms with Crippen molar-refractivity contribution in [1.82, 2.24) is 14.9 Å². The molecule has 1 amide bonds. The van der Waals surface area contributed by atoms with Gasteiger partial charge in [0.2, 0.25) is 5.91 Å². The van der Waals surface area contributed by atoms with Crippen molar-refractivity contribution in [1.29, 1.82) is 0 Å². The Morgan fingerprint density at radius 3 is 2.46 bits per heavy atom. The number of rotatable bonds is 4. The first kappa shape index (κ1) is 17.8. The van der Waals surface area contributed by atoms with Crippen molar-refractivity contribution in [2.24, 2.45) is 0 Å². The molecule has 6 nitrogen and oxygen atoms in total. The van der Waals surface area contributed by atoms with Crippen molar-refractivity contribution >= 4 is 18.0 Å². The molecule has 1 fully saturated rings. The van der Waals surface area contributed by atoms with Gasteiger partial charge in [-0.2, -0.15) is 0 Å². The van der Waals surface area contributed by atoms with Gasteiger partial charge in [-0.25, -0.2) is 14.8 Å². The van der Waals surface area contributed by atoms with E-state index in [-0.39, 0.29) is 11.5 Å². The molecule has 0 bridgehead atoms. The number of benzene rings is 1. The maximum absolute atomic E-state index is 12.4. The van der Waals surface area contributed by atoms with Crippen molar-refractivity contribution < 1.29 is 14.7 Å². The molecule has 0 saturated carbocycles.